The molecule has 2 heterocycles. The molecule has 4 nitrogen and oxygen atoms in total. The second-order valence-corrected chi connectivity index (χ2v) is 6.71. The first-order valence-corrected chi connectivity index (χ1v) is 8.89. The number of hydrogen-bond acceptors (Lipinski definition) is 2. The third kappa shape index (κ3) is 2.21. The molecule has 1 aliphatic carbocycles. The van der Waals surface area contributed by atoms with Gasteiger partial charge in [-0.05, 0) is 49.4 Å². The van der Waals surface area contributed by atoms with Crippen LogP contribution in [0, 0.1) is 0 Å². The van der Waals surface area contributed by atoms with Crippen LogP contribution < -0.4 is 4.90 Å². The van der Waals surface area contributed by atoms with Crippen molar-refractivity contribution in [2.24, 2.45) is 0 Å². The van der Waals surface area contributed by atoms with Gasteiger partial charge in [-0.25, -0.2) is 4.68 Å². The Morgan fingerprint density at radius 3 is 2.60 bits per heavy atom. The highest BCUT2D eigenvalue weighted by atomic mass is 16.2. The quantitative estimate of drug-likeness (QED) is 0.721. The summed E-state index contributed by atoms with van der Waals surface area (Å²) in [5.41, 5.74) is 6.28. The highest BCUT2D eigenvalue weighted by molar-refractivity contribution is 6.07. The van der Waals surface area contributed by atoms with Crippen molar-refractivity contribution in [1.82, 2.24) is 9.78 Å². The summed E-state index contributed by atoms with van der Waals surface area (Å²) in [4.78, 5) is 15.2. The van der Waals surface area contributed by atoms with Gasteiger partial charge in [0.15, 0.2) is 5.69 Å². The average Bonchev–Trinajstić information content (AvgIpc) is 3.36. The van der Waals surface area contributed by atoms with Crippen molar-refractivity contribution < 1.29 is 4.79 Å². The number of carbonyl (C=O) groups excluding carboxylic acids is 1. The molecular formula is C21H19N3O. The molecule has 5 rings (SSSR count). The summed E-state index contributed by atoms with van der Waals surface area (Å²) >= 11 is 0. The fourth-order valence-electron chi connectivity index (χ4n) is 4.07. The summed E-state index contributed by atoms with van der Waals surface area (Å²) in [7, 11) is 0. The van der Waals surface area contributed by atoms with Crippen LogP contribution >= 0.6 is 0 Å². The van der Waals surface area contributed by atoms with Gasteiger partial charge in [0.1, 0.15) is 0 Å². The number of benzene rings is 2. The number of nitrogens with zero attached hydrogens (tertiary/aromatic N) is 3. The van der Waals surface area contributed by atoms with Crippen LogP contribution in [0.4, 0.5) is 5.69 Å². The van der Waals surface area contributed by atoms with Crippen LogP contribution in [0.15, 0.2) is 54.6 Å². The maximum absolute atomic E-state index is 13.3. The molecule has 0 saturated carbocycles. The summed E-state index contributed by atoms with van der Waals surface area (Å²) in [5, 5.41) is 4.74. The molecule has 1 aromatic heterocycles. The monoisotopic (exact) mass is 329 g/mol. The molecule has 0 unspecified atom stereocenters. The Hall–Kier alpha value is -2.88. The fraction of sp³-hybridized carbons (Fsp3) is 0.238. The third-order valence-corrected chi connectivity index (χ3v) is 5.27. The van der Waals surface area contributed by atoms with Crippen molar-refractivity contribution in [1.29, 1.82) is 0 Å². The molecule has 0 saturated heterocycles. The average molecular weight is 329 g/mol. The smallest absolute Gasteiger partial charge is 0.279 e. The van der Waals surface area contributed by atoms with E-state index < -0.39 is 0 Å². The van der Waals surface area contributed by atoms with Crippen LogP contribution in [-0.4, -0.2) is 22.2 Å². The van der Waals surface area contributed by atoms with Gasteiger partial charge in [-0.2, -0.15) is 5.10 Å². The second kappa shape index (κ2) is 5.59. The number of aromatic nitrogens is 2. The molecule has 4 heteroatoms. The molecule has 0 fully saturated rings. The highest BCUT2D eigenvalue weighted by Crippen LogP contribution is 2.32. The SMILES string of the molecule is O=C(c1nn(-c2ccccc2)c2c1CCC2)N1CCc2ccccc21. The predicted octanol–water partition coefficient (Wildman–Crippen LogP) is 3.56. The van der Waals surface area contributed by atoms with E-state index in [0.717, 1.165) is 49.2 Å². The van der Waals surface area contributed by atoms with E-state index in [-0.39, 0.29) is 5.91 Å². The zero-order valence-electron chi connectivity index (χ0n) is 14.0. The fourth-order valence-corrected chi connectivity index (χ4v) is 4.07. The van der Waals surface area contributed by atoms with Crippen LogP contribution in [0.5, 0.6) is 0 Å². The summed E-state index contributed by atoms with van der Waals surface area (Å²) < 4.78 is 1.97. The summed E-state index contributed by atoms with van der Waals surface area (Å²) in [6.45, 7) is 0.741. The molecule has 0 atom stereocenters. The minimum absolute atomic E-state index is 0.0396. The lowest BCUT2D eigenvalue weighted by Gasteiger charge is -2.16. The molecule has 1 amide bonds. The van der Waals surface area contributed by atoms with Crippen molar-refractivity contribution in [3.05, 3.63) is 77.1 Å². The largest absolute Gasteiger partial charge is 0.306 e. The first-order chi connectivity index (χ1) is 12.3. The van der Waals surface area contributed by atoms with Crippen molar-refractivity contribution in [2.45, 2.75) is 25.7 Å². The normalized spacial score (nSPS) is 15.3. The minimum atomic E-state index is 0.0396. The summed E-state index contributed by atoms with van der Waals surface area (Å²) in [6, 6.07) is 18.3. The van der Waals surface area contributed by atoms with E-state index >= 15 is 0 Å². The van der Waals surface area contributed by atoms with Crippen molar-refractivity contribution in [3.63, 3.8) is 0 Å². The van der Waals surface area contributed by atoms with E-state index in [2.05, 4.69) is 6.07 Å². The summed E-state index contributed by atoms with van der Waals surface area (Å²) in [6.07, 6.45) is 3.94. The van der Waals surface area contributed by atoms with E-state index in [9.17, 15) is 4.79 Å². The Labute approximate surface area is 146 Å². The predicted molar refractivity (Wildman–Crippen MR) is 97.4 cm³/mol. The van der Waals surface area contributed by atoms with Crippen molar-refractivity contribution in [3.8, 4) is 5.69 Å². The maximum atomic E-state index is 13.3. The van der Waals surface area contributed by atoms with E-state index in [1.807, 2.05) is 58.1 Å². The Kier molecular flexibility index (Phi) is 3.23. The Balaban J connectivity index is 1.58. The molecular weight excluding hydrogens is 310 g/mol. The third-order valence-electron chi connectivity index (χ3n) is 5.27. The number of para-hydroxylation sites is 2. The molecule has 0 bridgehead atoms. The van der Waals surface area contributed by atoms with Gasteiger partial charge in [0, 0.05) is 23.5 Å². The summed E-state index contributed by atoms with van der Waals surface area (Å²) in [5.74, 6) is 0.0396. The lowest BCUT2D eigenvalue weighted by Crippen LogP contribution is -2.30. The standard InChI is InChI=1S/C21H19N3O/c25-21(23-14-13-15-7-4-5-11-18(15)23)20-17-10-6-12-19(17)24(22-20)16-8-2-1-3-9-16/h1-5,7-9,11H,6,10,12-14H2. The lowest BCUT2D eigenvalue weighted by molar-refractivity contribution is 0.0983. The Morgan fingerprint density at radius 1 is 0.920 bits per heavy atom. The van der Waals surface area contributed by atoms with Gasteiger partial charge in [0.25, 0.3) is 5.91 Å². The Bertz CT molecular complexity index is 959. The first-order valence-electron chi connectivity index (χ1n) is 8.89. The van der Waals surface area contributed by atoms with E-state index in [0.29, 0.717) is 5.69 Å². The van der Waals surface area contributed by atoms with E-state index in [1.54, 1.807) is 0 Å². The van der Waals surface area contributed by atoms with Gasteiger partial charge < -0.3 is 4.90 Å². The van der Waals surface area contributed by atoms with E-state index in [4.69, 9.17) is 5.10 Å². The highest BCUT2D eigenvalue weighted by Gasteiger charge is 2.32. The molecule has 3 aromatic rings. The van der Waals surface area contributed by atoms with Gasteiger partial charge in [0.05, 0.1) is 5.69 Å². The van der Waals surface area contributed by atoms with Crippen LogP contribution in [0.2, 0.25) is 0 Å². The van der Waals surface area contributed by atoms with Crippen LogP contribution in [0.3, 0.4) is 0 Å². The zero-order chi connectivity index (χ0) is 16.8. The molecule has 124 valence electrons. The molecule has 0 spiro atoms. The van der Waals surface area contributed by atoms with Gasteiger partial charge in [-0.3, -0.25) is 4.79 Å². The number of rotatable bonds is 2. The minimum Gasteiger partial charge on any atom is -0.306 e. The number of carbonyl (C=O) groups is 1. The lowest BCUT2D eigenvalue weighted by atomic mass is 10.1. The first kappa shape index (κ1) is 14.5. The molecule has 2 aromatic carbocycles. The maximum Gasteiger partial charge on any atom is 0.279 e. The number of amides is 1. The van der Waals surface area contributed by atoms with Gasteiger partial charge in [-0.1, -0.05) is 36.4 Å². The topological polar surface area (TPSA) is 38.1 Å². The Morgan fingerprint density at radius 2 is 1.72 bits per heavy atom. The number of hydrogen-bond donors (Lipinski definition) is 0. The van der Waals surface area contributed by atoms with Crippen LogP contribution in [-0.2, 0) is 19.3 Å². The number of anilines is 1. The van der Waals surface area contributed by atoms with Crippen LogP contribution in [0.1, 0.15) is 33.7 Å². The van der Waals surface area contributed by atoms with Crippen molar-refractivity contribution in [2.75, 3.05) is 11.4 Å². The van der Waals surface area contributed by atoms with Crippen LogP contribution in [0.25, 0.3) is 5.69 Å². The zero-order valence-corrected chi connectivity index (χ0v) is 14.0. The molecule has 1 aliphatic heterocycles. The molecule has 2 aliphatic rings. The van der Waals surface area contributed by atoms with Gasteiger partial charge in [-0.15, -0.1) is 0 Å². The van der Waals surface area contributed by atoms with Gasteiger partial charge in [0.2, 0.25) is 0 Å². The second-order valence-electron chi connectivity index (χ2n) is 6.71. The molecule has 0 radical (unpaired) electrons. The van der Waals surface area contributed by atoms with Gasteiger partial charge >= 0.3 is 0 Å². The molecule has 25 heavy (non-hydrogen) atoms. The van der Waals surface area contributed by atoms with E-state index in [1.165, 1.54) is 11.3 Å². The number of fused-ring (bicyclic) bond motifs is 2. The van der Waals surface area contributed by atoms with Crippen molar-refractivity contribution >= 4 is 11.6 Å². The molecule has 0 N–H and O–H groups in total.